The first kappa shape index (κ1) is 10.9. The summed E-state index contributed by atoms with van der Waals surface area (Å²) < 4.78 is 36.3. The van der Waals surface area contributed by atoms with Crippen molar-refractivity contribution in [1.29, 1.82) is 0 Å². The molecule has 3 aliphatic heterocycles. The van der Waals surface area contributed by atoms with Gasteiger partial charge in [-0.05, 0) is 0 Å². The van der Waals surface area contributed by atoms with Crippen molar-refractivity contribution in [3.63, 3.8) is 0 Å². The Morgan fingerprint density at radius 1 is 1.00 bits per heavy atom. The molecule has 6 atom stereocenters. The second kappa shape index (κ2) is 3.99. The van der Waals surface area contributed by atoms with E-state index in [-0.39, 0.29) is 6.61 Å². The van der Waals surface area contributed by atoms with E-state index in [0.29, 0.717) is 0 Å². The molecule has 18 heavy (non-hydrogen) atoms. The van der Waals surface area contributed by atoms with Crippen LogP contribution in [0.1, 0.15) is 11.9 Å². The normalized spacial score (nSPS) is 46.1. The van der Waals surface area contributed by atoms with Gasteiger partial charge in [0.2, 0.25) is 0 Å². The van der Waals surface area contributed by atoms with Crippen LogP contribution in [0.25, 0.3) is 0 Å². The Labute approximate surface area is 104 Å². The van der Waals surface area contributed by atoms with Crippen molar-refractivity contribution in [2.75, 3.05) is 6.61 Å². The Kier molecular flexibility index (Phi) is 2.41. The second-order valence-corrected chi connectivity index (χ2v) is 4.76. The van der Waals surface area contributed by atoms with Crippen LogP contribution in [-0.2, 0) is 18.9 Å². The lowest BCUT2D eigenvalue weighted by atomic mass is 10.0. The Hall–Kier alpha value is -1.01. The summed E-state index contributed by atoms with van der Waals surface area (Å²) in [6.07, 6.45) is -3.83. The average molecular weight is 252 g/mol. The molecule has 5 heteroatoms. The van der Waals surface area contributed by atoms with E-state index >= 15 is 0 Å². The van der Waals surface area contributed by atoms with Crippen LogP contribution in [0.4, 0.5) is 4.39 Å². The first-order chi connectivity index (χ1) is 8.83. The molecule has 4 rings (SSSR count). The van der Waals surface area contributed by atoms with Gasteiger partial charge in [-0.1, -0.05) is 30.3 Å². The molecule has 0 radical (unpaired) electrons. The van der Waals surface area contributed by atoms with Gasteiger partial charge < -0.3 is 18.9 Å². The fourth-order valence-electron chi connectivity index (χ4n) is 2.71. The van der Waals surface area contributed by atoms with E-state index in [1.807, 2.05) is 30.3 Å². The van der Waals surface area contributed by atoms with Gasteiger partial charge in [0.1, 0.15) is 18.3 Å². The number of benzene rings is 1. The van der Waals surface area contributed by atoms with Gasteiger partial charge in [0.25, 0.3) is 0 Å². The third kappa shape index (κ3) is 1.52. The highest BCUT2D eigenvalue weighted by Crippen LogP contribution is 2.42. The molecule has 3 saturated heterocycles. The van der Waals surface area contributed by atoms with Crippen LogP contribution in [-0.4, -0.2) is 37.4 Å². The van der Waals surface area contributed by atoms with Crippen LogP contribution in [0.5, 0.6) is 0 Å². The molecule has 4 nitrogen and oxygen atoms in total. The second-order valence-electron chi connectivity index (χ2n) is 4.76. The summed E-state index contributed by atoms with van der Waals surface area (Å²) in [5, 5.41) is 0. The summed E-state index contributed by atoms with van der Waals surface area (Å²) in [5.74, 6) is 0. The van der Waals surface area contributed by atoms with E-state index in [9.17, 15) is 4.39 Å². The minimum atomic E-state index is -1.19. The lowest BCUT2D eigenvalue weighted by Crippen LogP contribution is -2.50. The quantitative estimate of drug-likeness (QED) is 0.760. The third-order valence-corrected chi connectivity index (χ3v) is 3.63. The van der Waals surface area contributed by atoms with Gasteiger partial charge in [-0.15, -0.1) is 0 Å². The van der Waals surface area contributed by atoms with Crippen LogP contribution in [0, 0.1) is 0 Å². The van der Waals surface area contributed by atoms with Gasteiger partial charge >= 0.3 is 0 Å². The van der Waals surface area contributed by atoms with Crippen molar-refractivity contribution in [3.8, 4) is 0 Å². The Morgan fingerprint density at radius 2 is 1.78 bits per heavy atom. The molecule has 2 bridgehead atoms. The zero-order valence-corrected chi connectivity index (χ0v) is 9.57. The molecule has 0 saturated carbocycles. The number of alkyl halides is 1. The van der Waals surface area contributed by atoms with Crippen LogP contribution in [0.2, 0.25) is 0 Å². The summed E-state index contributed by atoms with van der Waals surface area (Å²) in [4.78, 5) is 0. The predicted molar refractivity (Wildman–Crippen MR) is 58.4 cm³/mol. The molecule has 1 aromatic rings. The highest BCUT2D eigenvalue weighted by atomic mass is 19.1. The Bertz CT molecular complexity index is 434. The predicted octanol–water partition coefficient (Wildman–Crippen LogP) is 1.56. The first-order valence-corrected chi connectivity index (χ1v) is 6.10. The highest BCUT2D eigenvalue weighted by Gasteiger charge is 2.57. The summed E-state index contributed by atoms with van der Waals surface area (Å²) in [7, 11) is 0. The zero-order valence-electron chi connectivity index (χ0n) is 9.57. The van der Waals surface area contributed by atoms with E-state index < -0.39 is 37.1 Å². The molecule has 0 aromatic heterocycles. The van der Waals surface area contributed by atoms with Gasteiger partial charge in [0.05, 0.1) is 6.61 Å². The van der Waals surface area contributed by atoms with Gasteiger partial charge in [0.15, 0.2) is 18.8 Å². The topological polar surface area (TPSA) is 36.9 Å². The van der Waals surface area contributed by atoms with Crippen molar-refractivity contribution in [2.24, 2.45) is 0 Å². The number of rotatable bonds is 1. The summed E-state index contributed by atoms with van der Waals surface area (Å²) in [6, 6.07) is 9.51. The number of halogens is 1. The summed E-state index contributed by atoms with van der Waals surface area (Å²) in [6.45, 7) is 0.279. The largest absolute Gasteiger partial charge is 0.347 e. The van der Waals surface area contributed by atoms with Crippen molar-refractivity contribution >= 4 is 0 Å². The van der Waals surface area contributed by atoms with E-state index in [1.54, 1.807) is 0 Å². The van der Waals surface area contributed by atoms with Crippen LogP contribution in [0.3, 0.4) is 0 Å². The summed E-state index contributed by atoms with van der Waals surface area (Å²) >= 11 is 0. The molecule has 3 fully saturated rings. The molecule has 0 amide bonds. The number of fused-ring (bicyclic) bond motifs is 4. The SMILES string of the molecule is F[C@@H]1[C@@H]2OC(c3ccccc3)O[C@@H]2[C@@H]2OC[C@H]1O2. The minimum absolute atomic E-state index is 0.279. The maximum Gasteiger partial charge on any atom is 0.187 e. The van der Waals surface area contributed by atoms with E-state index in [0.717, 1.165) is 5.56 Å². The van der Waals surface area contributed by atoms with E-state index in [2.05, 4.69) is 0 Å². The lowest BCUT2D eigenvalue weighted by molar-refractivity contribution is -0.182. The van der Waals surface area contributed by atoms with Crippen LogP contribution >= 0.6 is 0 Å². The molecule has 0 aliphatic carbocycles. The first-order valence-electron chi connectivity index (χ1n) is 6.10. The molecule has 96 valence electrons. The fourth-order valence-corrected chi connectivity index (χ4v) is 2.71. The molecule has 0 N–H and O–H groups in total. The molecular formula is C13H13FO4. The standard InChI is InChI=1S/C13H13FO4/c14-9-8-6-15-13(16-8)11-10(9)17-12(18-11)7-4-2-1-3-5-7/h1-5,8-13H,6H2/t8-,9+,10+,11+,12?,13-/m1/s1. The van der Waals surface area contributed by atoms with E-state index in [1.165, 1.54) is 0 Å². The average Bonchev–Trinajstić information content (AvgIpc) is 3.04. The maximum atomic E-state index is 14.1. The minimum Gasteiger partial charge on any atom is -0.347 e. The van der Waals surface area contributed by atoms with Gasteiger partial charge in [-0.25, -0.2) is 4.39 Å². The molecule has 0 spiro atoms. The fraction of sp³-hybridized carbons (Fsp3) is 0.538. The maximum absolute atomic E-state index is 14.1. The van der Waals surface area contributed by atoms with Crippen molar-refractivity contribution in [2.45, 2.75) is 37.1 Å². The van der Waals surface area contributed by atoms with E-state index in [4.69, 9.17) is 18.9 Å². The van der Waals surface area contributed by atoms with Gasteiger partial charge in [0, 0.05) is 5.56 Å². The molecule has 3 heterocycles. The van der Waals surface area contributed by atoms with Crippen molar-refractivity contribution < 1.29 is 23.3 Å². The number of ether oxygens (including phenoxy) is 4. The molecule has 1 unspecified atom stereocenters. The Morgan fingerprint density at radius 3 is 2.61 bits per heavy atom. The van der Waals surface area contributed by atoms with Crippen molar-refractivity contribution in [3.05, 3.63) is 35.9 Å². The van der Waals surface area contributed by atoms with Crippen molar-refractivity contribution in [1.82, 2.24) is 0 Å². The monoisotopic (exact) mass is 252 g/mol. The smallest absolute Gasteiger partial charge is 0.187 e. The van der Waals surface area contributed by atoms with Gasteiger partial charge in [-0.3, -0.25) is 0 Å². The number of hydrogen-bond acceptors (Lipinski definition) is 4. The summed E-state index contributed by atoms with van der Waals surface area (Å²) in [5.41, 5.74) is 0.884. The molecular weight excluding hydrogens is 239 g/mol. The van der Waals surface area contributed by atoms with Crippen LogP contribution in [0.15, 0.2) is 30.3 Å². The lowest BCUT2D eigenvalue weighted by Gasteiger charge is -2.30. The van der Waals surface area contributed by atoms with Gasteiger partial charge in [-0.2, -0.15) is 0 Å². The molecule has 3 aliphatic rings. The Balaban J connectivity index is 1.60. The highest BCUT2D eigenvalue weighted by molar-refractivity contribution is 5.17. The van der Waals surface area contributed by atoms with Crippen LogP contribution < -0.4 is 0 Å². The zero-order chi connectivity index (χ0) is 12.1. The number of hydrogen-bond donors (Lipinski definition) is 0. The third-order valence-electron chi connectivity index (χ3n) is 3.63. The molecule has 1 aromatic carbocycles.